The maximum atomic E-state index is 5.89. The number of aromatic nitrogens is 1. The first-order chi connectivity index (χ1) is 7.81. The first-order valence-corrected chi connectivity index (χ1v) is 5.87. The lowest BCUT2D eigenvalue weighted by atomic mass is 10.2. The van der Waals surface area contributed by atoms with Crippen molar-refractivity contribution in [2.45, 2.75) is 19.8 Å². The molecule has 0 unspecified atom stereocenters. The van der Waals surface area contributed by atoms with Gasteiger partial charge in [-0.15, -0.1) is 0 Å². The van der Waals surface area contributed by atoms with E-state index in [2.05, 4.69) is 11.9 Å². The molecule has 2 rings (SSSR count). The van der Waals surface area contributed by atoms with Crippen LogP contribution in [0, 0.1) is 0 Å². The van der Waals surface area contributed by atoms with Gasteiger partial charge in [-0.2, -0.15) is 0 Å². The second kappa shape index (κ2) is 5.17. The molecule has 1 aromatic heterocycles. The minimum Gasteiger partial charge on any atom is -0.491 e. The Kier molecular flexibility index (Phi) is 3.62. The van der Waals surface area contributed by atoms with Gasteiger partial charge in [-0.25, -0.2) is 4.98 Å². The van der Waals surface area contributed by atoms with E-state index in [1.54, 1.807) is 6.07 Å². The summed E-state index contributed by atoms with van der Waals surface area (Å²) in [6, 6.07) is 9.66. The Morgan fingerprint density at radius 1 is 1.25 bits per heavy atom. The Labute approximate surface area is 100 Å². The second-order valence-corrected chi connectivity index (χ2v) is 4.05. The SMILES string of the molecule is CCCCOc1cccc2ccc(Cl)nc12. The highest BCUT2D eigenvalue weighted by atomic mass is 35.5. The number of hydrogen-bond acceptors (Lipinski definition) is 2. The molecule has 0 fully saturated rings. The molecule has 0 aliphatic carbocycles. The molecule has 16 heavy (non-hydrogen) atoms. The lowest BCUT2D eigenvalue weighted by Crippen LogP contribution is -1.97. The number of benzene rings is 1. The maximum Gasteiger partial charge on any atom is 0.145 e. The van der Waals surface area contributed by atoms with Crippen molar-refractivity contribution in [3.63, 3.8) is 0 Å². The van der Waals surface area contributed by atoms with Crippen molar-refractivity contribution in [3.8, 4) is 5.75 Å². The van der Waals surface area contributed by atoms with Crippen LogP contribution in [0.1, 0.15) is 19.8 Å². The fourth-order valence-electron chi connectivity index (χ4n) is 1.54. The van der Waals surface area contributed by atoms with Crippen molar-refractivity contribution in [3.05, 3.63) is 35.5 Å². The number of ether oxygens (including phenoxy) is 1. The number of hydrogen-bond donors (Lipinski definition) is 0. The fraction of sp³-hybridized carbons (Fsp3) is 0.308. The third-order valence-electron chi connectivity index (χ3n) is 2.40. The van der Waals surface area contributed by atoms with Crippen LogP contribution >= 0.6 is 11.6 Å². The number of para-hydroxylation sites is 1. The fourth-order valence-corrected chi connectivity index (χ4v) is 1.69. The van der Waals surface area contributed by atoms with Crippen LogP contribution < -0.4 is 4.74 Å². The highest BCUT2D eigenvalue weighted by Crippen LogP contribution is 2.25. The molecular weight excluding hydrogens is 222 g/mol. The van der Waals surface area contributed by atoms with Gasteiger partial charge in [-0.3, -0.25) is 0 Å². The van der Waals surface area contributed by atoms with E-state index in [4.69, 9.17) is 16.3 Å². The molecule has 2 aromatic rings. The molecule has 84 valence electrons. The average molecular weight is 236 g/mol. The first-order valence-electron chi connectivity index (χ1n) is 5.49. The average Bonchev–Trinajstić information content (AvgIpc) is 2.30. The van der Waals surface area contributed by atoms with Gasteiger partial charge in [0.2, 0.25) is 0 Å². The van der Waals surface area contributed by atoms with Crippen molar-refractivity contribution < 1.29 is 4.74 Å². The third-order valence-corrected chi connectivity index (χ3v) is 2.62. The maximum absolute atomic E-state index is 5.89. The van der Waals surface area contributed by atoms with Gasteiger partial charge in [-0.05, 0) is 24.6 Å². The summed E-state index contributed by atoms with van der Waals surface area (Å²) in [6.07, 6.45) is 2.18. The minimum atomic E-state index is 0.499. The lowest BCUT2D eigenvalue weighted by Gasteiger charge is -2.08. The van der Waals surface area contributed by atoms with Gasteiger partial charge < -0.3 is 4.74 Å². The number of nitrogens with zero attached hydrogens (tertiary/aromatic N) is 1. The van der Waals surface area contributed by atoms with Gasteiger partial charge >= 0.3 is 0 Å². The predicted molar refractivity (Wildman–Crippen MR) is 67.2 cm³/mol. The number of halogens is 1. The van der Waals surface area contributed by atoms with E-state index in [1.165, 1.54) is 0 Å². The Morgan fingerprint density at radius 2 is 2.12 bits per heavy atom. The molecule has 0 amide bonds. The van der Waals surface area contributed by atoms with Gasteiger partial charge in [0.15, 0.2) is 0 Å². The van der Waals surface area contributed by atoms with E-state index in [1.807, 2.05) is 24.3 Å². The molecule has 0 saturated carbocycles. The van der Waals surface area contributed by atoms with Crippen LogP contribution in [0.2, 0.25) is 5.15 Å². The summed E-state index contributed by atoms with van der Waals surface area (Å²) < 4.78 is 5.69. The summed E-state index contributed by atoms with van der Waals surface area (Å²) in [6.45, 7) is 2.87. The second-order valence-electron chi connectivity index (χ2n) is 3.66. The van der Waals surface area contributed by atoms with E-state index in [0.717, 1.165) is 36.1 Å². The highest BCUT2D eigenvalue weighted by Gasteiger charge is 2.03. The van der Waals surface area contributed by atoms with Crippen molar-refractivity contribution in [1.82, 2.24) is 4.98 Å². The number of pyridine rings is 1. The zero-order chi connectivity index (χ0) is 11.4. The lowest BCUT2D eigenvalue weighted by molar-refractivity contribution is 0.312. The van der Waals surface area contributed by atoms with Crippen LogP contribution in [0.25, 0.3) is 10.9 Å². The van der Waals surface area contributed by atoms with Gasteiger partial charge in [0, 0.05) is 5.39 Å². The normalized spacial score (nSPS) is 10.6. The van der Waals surface area contributed by atoms with E-state index >= 15 is 0 Å². The Balaban J connectivity index is 2.32. The van der Waals surface area contributed by atoms with E-state index in [9.17, 15) is 0 Å². The van der Waals surface area contributed by atoms with Gasteiger partial charge in [0.1, 0.15) is 16.4 Å². The number of fused-ring (bicyclic) bond motifs is 1. The summed E-state index contributed by atoms with van der Waals surface area (Å²) in [4.78, 5) is 4.29. The minimum absolute atomic E-state index is 0.499. The summed E-state index contributed by atoms with van der Waals surface area (Å²) in [7, 11) is 0. The first kappa shape index (κ1) is 11.2. The molecule has 0 aliphatic rings. The molecule has 0 bridgehead atoms. The van der Waals surface area contributed by atoms with Crippen LogP contribution in [-0.4, -0.2) is 11.6 Å². The molecule has 0 atom stereocenters. The molecule has 0 aliphatic heterocycles. The summed E-state index contributed by atoms with van der Waals surface area (Å²) in [5.74, 6) is 0.813. The van der Waals surface area contributed by atoms with E-state index in [0.29, 0.717) is 5.15 Å². The zero-order valence-corrected chi connectivity index (χ0v) is 10.00. The molecule has 3 heteroatoms. The van der Waals surface area contributed by atoms with Crippen LogP contribution in [0.5, 0.6) is 5.75 Å². The molecule has 2 nitrogen and oxygen atoms in total. The molecule has 0 radical (unpaired) electrons. The van der Waals surface area contributed by atoms with Gasteiger partial charge in [0.25, 0.3) is 0 Å². The van der Waals surface area contributed by atoms with Crippen LogP contribution in [-0.2, 0) is 0 Å². The Bertz CT molecular complexity index is 484. The largest absolute Gasteiger partial charge is 0.491 e. The topological polar surface area (TPSA) is 22.1 Å². The van der Waals surface area contributed by atoms with Crippen molar-refractivity contribution >= 4 is 22.5 Å². The van der Waals surface area contributed by atoms with Crippen molar-refractivity contribution in [1.29, 1.82) is 0 Å². The van der Waals surface area contributed by atoms with Crippen molar-refractivity contribution in [2.24, 2.45) is 0 Å². The van der Waals surface area contributed by atoms with Gasteiger partial charge in [0.05, 0.1) is 6.61 Å². The molecular formula is C13H14ClNO. The monoisotopic (exact) mass is 235 g/mol. The van der Waals surface area contributed by atoms with E-state index in [-0.39, 0.29) is 0 Å². The molecule has 0 N–H and O–H groups in total. The third kappa shape index (κ3) is 2.45. The predicted octanol–water partition coefficient (Wildman–Crippen LogP) is 4.07. The summed E-state index contributed by atoms with van der Waals surface area (Å²) in [5.41, 5.74) is 0.839. The van der Waals surface area contributed by atoms with Crippen LogP contribution in [0.4, 0.5) is 0 Å². The molecule has 1 heterocycles. The van der Waals surface area contributed by atoms with Crippen LogP contribution in [0.3, 0.4) is 0 Å². The Hall–Kier alpha value is -1.28. The Morgan fingerprint density at radius 3 is 2.94 bits per heavy atom. The molecule has 1 aromatic carbocycles. The molecule has 0 spiro atoms. The van der Waals surface area contributed by atoms with Gasteiger partial charge in [-0.1, -0.05) is 37.1 Å². The number of unbranched alkanes of at least 4 members (excludes halogenated alkanes) is 1. The van der Waals surface area contributed by atoms with E-state index < -0.39 is 0 Å². The molecule has 0 saturated heterocycles. The summed E-state index contributed by atoms with van der Waals surface area (Å²) in [5, 5.41) is 1.55. The standard InChI is InChI=1S/C13H14ClNO/c1-2-3-9-16-11-6-4-5-10-7-8-12(14)15-13(10)11/h4-8H,2-3,9H2,1H3. The quantitative estimate of drug-likeness (QED) is 0.589. The van der Waals surface area contributed by atoms with Crippen molar-refractivity contribution in [2.75, 3.05) is 6.61 Å². The van der Waals surface area contributed by atoms with Crippen LogP contribution in [0.15, 0.2) is 30.3 Å². The summed E-state index contributed by atoms with van der Waals surface area (Å²) >= 11 is 5.89. The number of rotatable bonds is 4. The highest BCUT2D eigenvalue weighted by molar-refractivity contribution is 6.29. The zero-order valence-electron chi connectivity index (χ0n) is 9.24. The smallest absolute Gasteiger partial charge is 0.145 e.